The van der Waals surface area contributed by atoms with Crippen LogP contribution >= 0.6 is 0 Å². The Hall–Kier alpha value is -0.120. The molecule has 2 rings (SSSR count). The van der Waals surface area contributed by atoms with E-state index in [0.717, 1.165) is 32.5 Å². The van der Waals surface area contributed by atoms with Gasteiger partial charge in [0.2, 0.25) is 0 Å². The van der Waals surface area contributed by atoms with E-state index in [0.29, 0.717) is 5.92 Å². The lowest BCUT2D eigenvalue weighted by Crippen LogP contribution is -2.55. The molecule has 0 aromatic carbocycles. The van der Waals surface area contributed by atoms with Crippen molar-refractivity contribution in [1.29, 1.82) is 0 Å². The van der Waals surface area contributed by atoms with Crippen LogP contribution in [0.1, 0.15) is 39.0 Å². The molecule has 3 nitrogen and oxygen atoms in total. The van der Waals surface area contributed by atoms with E-state index in [4.69, 9.17) is 4.74 Å². The minimum atomic E-state index is -0.645. The predicted octanol–water partition coefficient (Wildman–Crippen LogP) is 1.31. The first-order chi connectivity index (χ1) is 7.21. The smallest absolute Gasteiger partial charge is 0.0986 e. The average molecular weight is 213 g/mol. The average Bonchev–Trinajstić information content (AvgIpc) is 2.31. The largest absolute Gasteiger partial charge is 0.387 e. The van der Waals surface area contributed by atoms with E-state index < -0.39 is 5.60 Å². The third-order valence-electron chi connectivity index (χ3n) is 4.01. The topological polar surface area (TPSA) is 41.5 Å². The van der Waals surface area contributed by atoms with Gasteiger partial charge in [-0.3, -0.25) is 0 Å². The van der Waals surface area contributed by atoms with Crippen LogP contribution in [0, 0.1) is 5.92 Å². The molecule has 0 unspecified atom stereocenters. The van der Waals surface area contributed by atoms with Gasteiger partial charge < -0.3 is 15.2 Å². The Morgan fingerprint density at radius 1 is 1.27 bits per heavy atom. The summed E-state index contributed by atoms with van der Waals surface area (Å²) in [4.78, 5) is 0. The number of nitrogens with one attached hydrogen (secondary N) is 1. The van der Waals surface area contributed by atoms with Crippen LogP contribution in [0.4, 0.5) is 0 Å². The van der Waals surface area contributed by atoms with Gasteiger partial charge in [0.25, 0.3) is 0 Å². The van der Waals surface area contributed by atoms with Crippen LogP contribution < -0.4 is 5.32 Å². The maximum Gasteiger partial charge on any atom is 0.0986 e. The monoisotopic (exact) mass is 213 g/mol. The van der Waals surface area contributed by atoms with Crippen LogP contribution in [0.2, 0.25) is 0 Å². The summed E-state index contributed by atoms with van der Waals surface area (Å²) in [5.74, 6) is 0.427. The van der Waals surface area contributed by atoms with Crippen molar-refractivity contribution in [2.45, 2.75) is 50.7 Å². The number of hydrogen-bond donors (Lipinski definition) is 2. The Morgan fingerprint density at radius 3 is 2.60 bits per heavy atom. The van der Waals surface area contributed by atoms with Crippen molar-refractivity contribution in [2.24, 2.45) is 5.92 Å². The van der Waals surface area contributed by atoms with Gasteiger partial charge in [-0.15, -0.1) is 0 Å². The van der Waals surface area contributed by atoms with E-state index in [2.05, 4.69) is 5.32 Å². The molecule has 0 aromatic rings. The lowest BCUT2D eigenvalue weighted by molar-refractivity contribution is -0.143. The van der Waals surface area contributed by atoms with Gasteiger partial charge in [-0.2, -0.15) is 0 Å². The second-order valence-corrected chi connectivity index (χ2v) is 5.12. The zero-order valence-electron chi connectivity index (χ0n) is 9.67. The number of ether oxygens (including phenoxy) is 1. The molecule has 2 fully saturated rings. The van der Waals surface area contributed by atoms with Gasteiger partial charge in [-0.1, -0.05) is 19.3 Å². The SMILES string of the molecule is C[C@@](O)(C1CCCCC1)[C@H]1CNCCO1. The standard InChI is InChI=1S/C12H23NO2/c1-12(14,10-5-3-2-4-6-10)11-9-13-7-8-15-11/h10-11,13-14H,2-9H2,1H3/t11-,12-/m1/s1. The van der Waals surface area contributed by atoms with Crippen molar-refractivity contribution in [3.8, 4) is 0 Å². The molecule has 1 aliphatic heterocycles. The van der Waals surface area contributed by atoms with Gasteiger partial charge in [0.1, 0.15) is 0 Å². The van der Waals surface area contributed by atoms with Crippen molar-refractivity contribution in [1.82, 2.24) is 5.32 Å². The number of rotatable bonds is 2. The van der Waals surface area contributed by atoms with Gasteiger partial charge in [-0.25, -0.2) is 0 Å². The van der Waals surface area contributed by atoms with Gasteiger partial charge in [0.15, 0.2) is 0 Å². The third-order valence-corrected chi connectivity index (χ3v) is 4.01. The summed E-state index contributed by atoms with van der Waals surface area (Å²) < 4.78 is 5.68. The molecule has 15 heavy (non-hydrogen) atoms. The molecule has 1 aliphatic carbocycles. The zero-order valence-corrected chi connectivity index (χ0v) is 9.67. The van der Waals surface area contributed by atoms with Gasteiger partial charge in [0, 0.05) is 13.1 Å². The molecule has 88 valence electrons. The first-order valence-electron chi connectivity index (χ1n) is 6.26. The first-order valence-corrected chi connectivity index (χ1v) is 6.26. The highest BCUT2D eigenvalue weighted by Crippen LogP contribution is 2.35. The summed E-state index contributed by atoms with van der Waals surface area (Å²) in [6.45, 7) is 4.40. The first kappa shape index (κ1) is 11.4. The van der Waals surface area contributed by atoms with Gasteiger partial charge in [0.05, 0.1) is 18.3 Å². The molecule has 0 radical (unpaired) electrons. The van der Waals surface area contributed by atoms with Crippen LogP contribution in [-0.4, -0.2) is 36.5 Å². The van der Waals surface area contributed by atoms with Gasteiger partial charge in [-0.05, 0) is 25.7 Å². The van der Waals surface area contributed by atoms with Crippen LogP contribution in [0.3, 0.4) is 0 Å². The molecule has 0 aromatic heterocycles. The van der Waals surface area contributed by atoms with E-state index in [1.165, 1.54) is 19.3 Å². The Balaban J connectivity index is 1.96. The molecule has 2 aliphatic rings. The summed E-state index contributed by atoms with van der Waals surface area (Å²) in [5, 5.41) is 13.9. The summed E-state index contributed by atoms with van der Waals surface area (Å²) in [6.07, 6.45) is 6.16. The number of aliphatic hydroxyl groups is 1. The van der Waals surface area contributed by atoms with Crippen LogP contribution in [0.25, 0.3) is 0 Å². The van der Waals surface area contributed by atoms with E-state index in [9.17, 15) is 5.11 Å². The predicted molar refractivity (Wildman–Crippen MR) is 59.8 cm³/mol. The quantitative estimate of drug-likeness (QED) is 0.726. The molecular formula is C12H23NO2. The Labute approximate surface area is 92.2 Å². The van der Waals surface area contributed by atoms with Crippen molar-refractivity contribution >= 4 is 0 Å². The summed E-state index contributed by atoms with van der Waals surface area (Å²) in [7, 11) is 0. The fourth-order valence-electron chi connectivity index (χ4n) is 2.89. The highest BCUT2D eigenvalue weighted by Gasteiger charge is 2.41. The van der Waals surface area contributed by atoms with Crippen LogP contribution in [-0.2, 0) is 4.74 Å². The molecular weight excluding hydrogens is 190 g/mol. The van der Waals surface area contributed by atoms with Crippen molar-refractivity contribution in [3.05, 3.63) is 0 Å². The molecule has 0 amide bonds. The van der Waals surface area contributed by atoms with E-state index >= 15 is 0 Å². The summed E-state index contributed by atoms with van der Waals surface area (Å²) in [6, 6.07) is 0. The minimum absolute atomic E-state index is 0.0191. The fourth-order valence-corrected chi connectivity index (χ4v) is 2.89. The van der Waals surface area contributed by atoms with E-state index in [-0.39, 0.29) is 6.10 Å². The number of morpholine rings is 1. The second kappa shape index (κ2) is 4.81. The third kappa shape index (κ3) is 2.52. The lowest BCUT2D eigenvalue weighted by atomic mass is 9.75. The molecule has 1 heterocycles. The van der Waals surface area contributed by atoms with Crippen LogP contribution in [0.5, 0.6) is 0 Å². The maximum absolute atomic E-state index is 10.6. The van der Waals surface area contributed by atoms with Crippen molar-refractivity contribution in [3.63, 3.8) is 0 Å². The highest BCUT2D eigenvalue weighted by atomic mass is 16.5. The summed E-state index contributed by atoms with van der Waals surface area (Å²) >= 11 is 0. The van der Waals surface area contributed by atoms with Gasteiger partial charge >= 0.3 is 0 Å². The normalized spacial score (nSPS) is 33.6. The molecule has 0 bridgehead atoms. The Kier molecular flexibility index (Phi) is 3.65. The molecule has 1 saturated heterocycles. The molecule has 3 heteroatoms. The van der Waals surface area contributed by atoms with Crippen molar-refractivity contribution < 1.29 is 9.84 Å². The van der Waals surface area contributed by atoms with Crippen LogP contribution in [0.15, 0.2) is 0 Å². The summed E-state index contributed by atoms with van der Waals surface area (Å²) in [5.41, 5.74) is -0.645. The Morgan fingerprint density at radius 2 is 2.00 bits per heavy atom. The molecule has 2 atom stereocenters. The van der Waals surface area contributed by atoms with E-state index in [1.807, 2.05) is 6.92 Å². The molecule has 0 spiro atoms. The molecule has 2 N–H and O–H groups in total. The Bertz CT molecular complexity index is 174. The highest BCUT2D eigenvalue weighted by molar-refractivity contribution is 4.93. The minimum Gasteiger partial charge on any atom is -0.387 e. The second-order valence-electron chi connectivity index (χ2n) is 5.12. The number of hydrogen-bond acceptors (Lipinski definition) is 3. The zero-order chi connectivity index (χ0) is 10.7. The van der Waals surface area contributed by atoms with Crippen molar-refractivity contribution in [2.75, 3.05) is 19.7 Å². The fraction of sp³-hybridized carbons (Fsp3) is 1.00. The van der Waals surface area contributed by atoms with E-state index in [1.54, 1.807) is 0 Å². The lowest BCUT2D eigenvalue weighted by Gasteiger charge is -2.42. The maximum atomic E-state index is 10.6. The molecule has 1 saturated carbocycles.